The molecule has 0 saturated carbocycles. The van der Waals surface area contributed by atoms with Gasteiger partial charge in [-0.3, -0.25) is 4.79 Å². The summed E-state index contributed by atoms with van der Waals surface area (Å²) in [5, 5.41) is 3.34. The van der Waals surface area contributed by atoms with Crippen LogP contribution in [-0.4, -0.2) is 39.3 Å². The van der Waals surface area contributed by atoms with Crippen molar-refractivity contribution in [1.29, 1.82) is 0 Å². The molecule has 3 rings (SSSR count). The van der Waals surface area contributed by atoms with E-state index in [1.54, 1.807) is 14.2 Å². The van der Waals surface area contributed by atoms with Gasteiger partial charge in [0.05, 0.1) is 20.3 Å². The number of carbonyl (C=O) groups excluding carboxylic acids is 1. The fourth-order valence-electron chi connectivity index (χ4n) is 3.36. The third-order valence-electron chi connectivity index (χ3n) is 4.84. The zero-order chi connectivity index (χ0) is 18.5. The first-order valence-corrected chi connectivity index (χ1v) is 8.97. The highest BCUT2D eigenvalue weighted by Gasteiger charge is 2.27. The molecule has 1 N–H and O–H groups in total. The van der Waals surface area contributed by atoms with Crippen molar-refractivity contribution < 1.29 is 14.3 Å². The second-order valence-electron chi connectivity index (χ2n) is 6.48. The van der Waals surface area contributed by atoms with Crippen molar-refractivity contribution >= 4 is 11.6 Å². The normalized spacial score (nSPS) is 14.0. The Kier molecular flexibility index (Phi) is 5.78. The van der Waals surface area contributed by atoms with Crippen LogP contribution >= 0.6 is 0 Å². The molecule has 5 nitrogen and oxygen atoms in total. The van der Waals surface area contributed by atoms with Crippen LogP contribution in [0, 0.1) is 0 Å². The van der Waals surface area contributed by atoms with E-state index in [1.165, 1.54) is 5.56 Å². The number of para-hydroxylation sites is 1. The Bertz CT molecular complexity index is 776. The highest BCUT2D eigenvalue weighted by molar-refractivity contribution is 5.98. The Hall–Kier alpha value is -2.53. The summed E-state index contributed by atoms with van der Waals surface area (Å²) in [6.45, 7) is 3.41. The van der Waals surface area contributed by atoms with Gasteiger partial charge in [-0.05, 0) is 55.6 Å². The number of nitrogens with zero attached hydrogens (tertiary/aromatic N) is 1. The third-order valence-corrected chi connectivity index (χ3v) is 4.84. The first kappa shape index (κ1) is 18.3. The summed E-state index contributed by atoms with van der Waals surface area (Å²) in [5.41, 5.74) is 3.44. The lowest BCUT2D eigenvalue weighted by Gasteiger charge is -2.22. The molecule has 2 aromatic rings. The summed E-state index contributed by atoms with van der Waals surface area (Å²) in [4.78, 5) is 14.7. The number of carbonyl (C=O) groups is 1. The quantitative estimate of drug-likeness (QED) is 0.831. The molecular formula is C21H26N2O3. The molecule has 1 amide bonds. The molecular weight excluding hydrogens is 328 g/mol. The molecule has 138 valence electrons. The van der Waals surface area contributed by atoms with E-state index in [0.29, 0.717) is 0 Å². The Morgan fingerprint density at radius 3 is 2.69 bits per heavy atom. The molecule has 26 heavy (non-hydrogen) atoms. The Morgan fingerprint density at radius 1 is 1.15 bits per heavy atom. The average Bonchev–Trinajstić information content (AvgIpc) is 3.11. The number of rotatable bonds is 7. The van der Waals surface area contributed by atoms with Crippen LogP contribution in [0.15, 0.2) is 42.5 Å². The molecule has 2 aromatic carbocycles. The summed E-state index contributed by atoms with van der Waals surface area (Å²) in [6, 6.07) is 13.8. The SMILES string of the molecule is COc1ccc(CCNC(C)C(=O)N2CCc3ccccc32)cc1OC. The maximum Gasteiger partial charge on any atom is 0.243 e. The summed E-state index contributed by atoms with van der Waals surface area (Å²) in [6.07, 6.45) is 1.74. The summed E-state index contributed by atoms with van der Waals surface area (Å²) in [7, 11) is 3.26. The van der Waals surface area contributed by atoms with E-state index in [-0.39, 0.29) is 11.9 Å². The highest BCUT2D eigenvalue weighted by Crippen LogP contribution is 2.28. The van der Waals surface area contributed by atoms with Gasteiger partial charge in [0.2, 0.25) is 5.91 Å². The molecule has 1 heterocycles. The van der Waals surface area contributed by atoms with E-state index in [4.69, 9.17) is 9.47 Å². The lowest BCUT2D eigenvalue weighted by atomic mass is 10.1. The zero-order valence-corrected chi connectivity index (χ0v) is 15.6. The fraction of sp³-hybridized carbons (Fsp3) is 0.381. The number of methoxy groups -OCH3 is 2. The minimum absolute atomic E-state index is 0.127. The fourth-order valence-corrected chi connectivity index (χ4v) is 3.36. The van der Waals surface area contributed by atoms with Gasteiger partial charge in [-0.15, -0.1) is 0 Å². The van der Waals surface area contributed by atoms with Crippen LogP contribution in [0.1, 0.15) is 18.1 Å². The van der Waals surface area contributed by atoms with Crippen LogP contribution in [0.25, 0.3) is 0 Å². The number of fused-ring (bicyclic) bond motifs is 1. The smallest absolute Gasteiger partial charge is 0.243 e. The van der Waals surface area contributed by atoms with Crippen LogP contribution in [0.2, 0.25) is 0 Å². The first-order chi connectivity index (χ1) is 12.6. The molecule has 0 bridgehead atoms. The van der Waals surface area contributed by atoms with Crippen molar-refractivity contribution in [1.82, 2.24) is 5.32 Å². The lowest BCUT2D eigenvalue weighted by Crippen LogP contribution is -2.45. The maximum atomic E-state index is 12.8. The molecule has 0 radical (unpaired) electrons. The molecule has 0 fully saturated rings. The average molecular weight is 354 g/mol. The summed E-state index contributed by atoms with van der Waals surface area (Å²) < 4.78 is 10.6. The van der Waals surface area contributed by atoms with Crippen LogP contribution in [0.5, 0.6) is 11.5 Å². The number of hydrogen-bond donors (Lipinski definition) is 1. The molecule has 0 aliphatic carbocycles. The van der Waals surface area contributed by atoms with E-state index in [0.717, 1.165) is 48.7 Å². The van der Waals surface area contributed by atoms with Crippen molar-refractivity contribution in [3.63, 3.8) is 0 Å². The van der Waals surface area contributed by atoms with Crippen molar-refractivity contribution in [3.8, 4) is 11.5 Å². The number of anilines is 1. The third kappa shape index (κ3) is 3.83. The molecule has 0 saturated heterocycles. The lowest BCUT2D eigenvalue weighted by molar-refractivity contribution is -0.120. The van der Waals surface area contributed by atoms with Gasteiger partial charge in [0.25, 0.3) is 0 Å². The predicted molar refractivity (Wildman–Crippen MR) is 103 cm³/mol. The number of benzene rings is 2. The predicted octanol–water partition coefficient (Wildman–Crippen LogP) is 2.81. The second kappa shape index (κ2) is 8.23. The van der Waals surface area contributed by atoms with E-state index >= 15 is 0 Å². The topological polar surface area (TPSA) is 50.8 Å². The number of amides is 1. The molecule has 0 aromatic heterocycles. The van der Waals surface area contributed by atoms with Crippen molar-refractivity contribution in [2.24, 2.45) is 0 Å². The van der Waals surface area contributed by atoms with Gasteiger partial charge in [0.1, 0.15) is 0 Å². The van der Waals surface area contributed by atoms with Gasteiger partial charge in [-0.25, -0.2) is 0 Å². The number of ether oxygens (including phenoxy) is 2. The van der Waals surface area contributed by atoms with E-state index < -0.39 is 0 Å². The Labute approximate surface area is 154 Å². The molecule has 1 atom stereocenters. The molecule has 0 spiro atoms. The van der Waals surface area contributed by atoms with Gasteiger partial charge in [-0.2, -0.15) is 0 Å². The van der Waals surface area contributed by atoms with Gasteiger partial charge in [0, 0.05) is 12.2 Å². The second-order valence-corrected chi connectivity index (χ2v) is 6.48. The summed E-state index contributed by atoms with van der Waals surface area (Å²) >= 11 is 0. The van der Waals surface area contributed by atoms with Gasteiger partial charge < -0.3 is 19.7 Å². The van der Waals surface area contributed by atoms with Gasteiger partial charge in [-0.1, -0.05) is 24.3 Å². The number of hydrogen-bond acceptors (Lipinski definition) is 4. The minimum Gasteiger partial charge on any atom is -0.493 e. The van der Waals surface area contributed by atoms with Gasteiger partial charge in [0.15, 0.2) is 11.5 Å². The zero-order valence-electron chi connectivity index (χ0n) is 15.6. The van der Waals surface area contributed by atoms with Crippen molar-refractivity contribution in [3.05, 3.63) is 53.6 Å². The van der Waals surface area contributed by atoms with Crippen LogP contribution in [0.4, 0.5) is 5.69 Å². The monoisotopic (exact) mass is 354 g/mol. The first-order valence-electron chi connectivity index (χ1n) is 8.97. The Balaban J connectivity index is 1.55. The largest absolute Gasteiger partial charge is 0.493 e. The molecule has 5 heteroatoms. The molecule has 1 aliphatic rings. The molecule has 1 aliphatic heterocycles. The number of nitrogens with one attached hydrogen (secondary N) is 1. The summed E-state index contributed by atoms with van der Waals surface area (Å²) in [5.74, 6) is 1.57. The highest BCUT2D eigenvalue weighted by atomic mass is 16.5. The van der Waals surface area contributed by atoms with Gasteiger partial charge >= 0.3 is 0 Å². The van der Waals surface area contributed by atoms with Crippen LogP contribution in [0.3, 0.4) is 0 Å². The van der Waals surface area contributed by atoms with Crippen molar-refractivity contribution in [2.75, 3.05) is 32.2 Å². The van der Waals surface area contributed by atoms with E-state index in [9.17, 15) is 4.79 Å². The molecule has 1 unspecified atom stereocenters. The minimum atomic E-state index is -0.221. The van der Waals surface area contributed by atoms with Crippen LogP contribution in [-0.2, 0) is 17.6 Å². The Morgan fingerprint density at radius 2 is 1.92 bits per heavy atom. The van der Waals surface area contributed by atoms with Crippen LogP contribution < -0.4 is 19.7 Å². The standard InChI is InChI=1S/C21H26N2O3/c1-15(21(24)23-13-11-17-6-4-5-7-18(17)23)22-12-10-16-8-9-19(25-2)20(14-16)26-3/h4-9,14-15,22H,10-13H2,1-3H3. The van der Waals surface area contributed by atoms with E-state index in [2.05, 4.69) is 11.4 Å². The maximum absolute atomic E-state index is 12.8. The van der Waals surface area contributed by atoms with Crippen molar-refractivity contribution in [2.45, 2.75) is 25.8 Å². The van der Waals surface area contributed by atoms with E-state index in [1.807, 2.05) is 48.2 Å².